The van der Waals surface area contributed by atoms with Crippen LogP contribution >= 0.6 is 12.4 Å². The van der Waals surface area contributed by atoms with Crippen molar-refractivity contribution in [3.63, 3.8) is 0 Å². The van der Waals surface area contributed by atoms with Crippen molar-refractivity contribution >= 4 is 42.2 Å². The monoisotopic (exact) mass is 400 g/mol. The predicted octanol–water partition coefficient (Wildman–Crippen LogP) is 1.50. The van der Waals surface area contributed by atoms with Gasteiger partial charge in [-0.15, -0.1) is 12.4 Å². The Balaban J connectivity index is 0.000000980. The van der Waals surface area contributed by atoms with E-state index in [1.807, 2.05) is 0 Å². The van der Waals surface area contributed by atoms with Crippen molar-refractivity contribution in [3.8, 4) is 0 Å². The molecule has 2 rings (SSSR count). The summed E-state index contributed by atoms with van der Waals surface area (Å²) in [5.74, 6) is 0. The van der Waals surface area contributed by atoms with Crippen LogP contribution in [0.1, 0.15) is 0 Å². The topological polar surface area (TPSA) is 0 Å². The number of hydrogen-bond acceptors (Lipinski definition) is 0. The fourth-order valence-electron chi connectivity index (χ4n) is 1.21. The van der Waals surface area contributed by atoms with Gasteiger partial charge in [0, 0.05) is 0 Å². The van der Waals surface area contributed by atoms with Crippen LogP contribution in [-0.2, 0) is 0 Å². The maximum atomic E-state index is 2.25. The second kappa shape index (κ2) is 6.16. The van der Waals surface area contributed by atoms with Gasteiger partial charge < -0.3 is 0 Å². The minimum absolute atomic E-state index is 0. The molecule has 0 radical (unpaired) electrons. The molecular weight excluding hydrogens is 389 g/mol. The van der Waals surface area contributed by atoms with Crippen molar-refractivity contribution in [1.29, 1.82) is 0 Å². The molecular formula is C12H12BiCl. The Hall–Kier alpha value is -0.387. The summed E-state index contributed by atoms with van der Waals surface area (Å²) in [4.78, 5) is 0. The van der Waals surface area contributed by atoms with Gasteiger partial charge >= 0.3 is 90.4 Å². The third-order valence-corrected chi connectivity index (χ3v) is 6.67. The fraction of sp³-hybridized carbons (Fsp3) is 0. The van der Waals surface area contributed by atoms with E-state index in [4.69, 9.17) is 0 Å². The summed E-state index contributed by atoms with van der Waals surface area (Å²) in [6.07, 6.45) is 0. The standard InChI is InChI=1S/2C6H5.Bi.ClH.H/c2*1-2-4-6-5-3-1;;;/h2*1-5H;;1H;. The molecule has 0 heterocycles. The van der Waals surface area contributed by atoms with Crippen LogP contribution in [0, 0.1) is 0 Å². The normalized spacial score (nSPS) is 9.14. The Morgan fingerprint density at radius 3 is 1.29 bits per heavy atom. The van der Waals surface area contributed by atoms with Gasteiger partial charge in [0.25, 0.3) is 0 Å². The van der Waals surface area contributed by atoms with Gasteiger partial charge in [0.15, 0.2) is 0 Å². The molecule has 0 nitrogen and oxygen atoms in total. The molecule has 0 amide bonds. The first-order valence-corrected chi connectivity index (χ1v) is 8.21. The van der Waals surface area contributed by atoms with Gasteiger partial charge in [0.1, 0.15) is 0 Å². The Kier molecular flexibility index (Phi) is 5.14. The van der Waals surface area contributed by atoms with Crippen molar-refractivity contribution < 1.29 is 0 Å². The summed E-state index contributed by atoms with van der Waals surface area (Å²) in [5, 5.41) is 0. The van der Waals surface area contributed by atoms with Crippen molar-refractivity contribution in [2.24, 2.45) is 0 Å². The van der Waals surface area contributed by atoms with Gasteiger partial charge in [0.05, 0.1) is 0 Å². The van der Waals surface area contributed by atoms with Gasteiger partial charge in [-0.1, -0.05) is 0 Å². The molecule has 0 unspecified atom stereocenters. The Morgan fingerprint density at radius 2 is 0.929 bits per heavy atom. The van der Waals surface area contributed by atoms with E-state index in [-0.39, 0.29) is 12.4 Å². The van der Waals surface area contributed by atoms with Crippen LogP contribution in [0.5, 0.6) is 0 Å². The molecule has 0 bridgehead atoms. The van der Waals surface area contributed by atoms with E-state index in [1.165, 1.54) is 0 Å². The summed E-state index contributed by atoms with van der Waals surface area (Å²) >= 11 is -0.740. The molecule has 72 valence electrons. The number of halogens is 1. The average molecular weight is 401 g/mol. The number of hydrogen-bond donors (Lipinski definition) is 0. The van der Waals surface area contributed by atoms with Crippen LogP contribution in [0.4, 0.5) is 0 Å². The quantitative estimate of drug-likeness (QED) is 0.670. The minimum atomic E-state index is -0.740. The van der Waals surface area contributed by atoms with Crippen LogP contribution in [0.3, 0.4) is 0 Å². The second-order valence-electron chi connectivity index (χ2n) is 2.86. The van der Waals surface area contributed by atoms with E-state index >= 15 is 0 Å². The van der Waals surface area contributed by atoms with Crippen LogP contribution in [0.15, 0.2) is 60.7 Å². The molecule has 0 N–H and O–H groups in total. The Labute approximate surface area is 102 Å². The van der Waals surface area contributed by atoms with Gasteiger partial charge in [-0.2, -0.15) is 0 Å². The Bertz CT molecular complexity index is 321. The maximum absolute atomic E-state index is 2.25. The molecule has 0 aliphatic carbocycles. The van der Waals surface area contributed by atoms with Crippen molar-refractivity contribution in [2.75, 3.05) is 0 Å². The summed E-state index contributed by atoms with van der Waals surface area (Å²) in [5.41, 5.74) is 0. The van der Waals surface area contributed by atoms with E-state index in [9.17, 15) is 0 Å². The number of benzene rings is 2. The molecule has 0 spiro atoms. The van der Waals surface area contributed by atoms with Crippen molar-refractivity contribution in [2.45, 2.75) is 0 Å². The third-order valence-electron chi connectivity index (χ3n) is 1.84. The first-order valence-electron chi connectivity index (χ1n) is 4.32. The van der Waals surface area contributed by atoms with Crippen LogP contribution in [-0.4, -0.2) is 23.2 Å². The van der Waals surface area contributed by atoms with Crippen molar-refractivity contribution in [1.82, 2.24) is 0 Å². The molecule has 0 aliphatic heterocycles. The SMILES string of the molecule is Cl.c1cc[c]([BiH][c]2ccccc2)cc1. The zero-order chi connectivity index (χ0) is 8.93. The summed E-state index contributed by atoms with van der Waals surface area (Å²) in [6, 6.07) is 21.7. The van der Waals surface area contributed by atoms with E-state index in [2.05, 4.69) is 60.7 Å². The Morgan fingerprint density at radius 1 is 0.571 bits per heavy atom. The zero-order valence-corrected chi connectivity index (χ0v) is 12.4. The molecule has 2 aromatic rings. The zero-order valence-electron chi connectivity index (χ0n) is 7.68. The summed E-state index contributed by atoms with van der Waals surface area (Å²) in [6.45, 7) is 0. The van der Waals surface area contributed by atoms with Gasteiger partial charge in [0.2, 0.25) is 0 Å². The molecule has 0 saturated carbocycles. The molecule has 0 fully saturated rings. The molecule has 0 aliphatic rings. The van der Waals surface area contributed by atoms with Crippen LogP contribution in [0.2, 0.25) is 0 Å². The fourth-order valence-corrected chi connectivity index (χ4v) is 5.30. The molecule has 14 heavy (non-hydrogen) atoms. The number of rotatable bonds is 2. The molecule has 0 saturated heterocycles. The van der Waals surface area contributed by atoms with Gasteiger partial charge in [-0.25, -0.2) is 0 Å². The molecule has 2 aromatic carbocycles. The summed E-state index contributed by atoms with van der Waals surface area (Å²) < 4.78 is 3.13. The van der Waals surface area contributed by atoms with Gasteiger partial charge in [-0.3, -0.25) is 0 Å². The third kappa shape index (κ3) is 3.40. The van der Waals surface area contributed by atoms with Crippen molar-refractivity contribution in [3.05, 3.63) is 60.7 Å². The molecule has 2 heteroatoms. The molecule has 0 aromatic heterocycles. The summed E-state index contributed by atoms with van der Waals surface area (Å²) in [7, 11) is 0. The first-order chi connectivity index (χ1) is 6.45. The van der Waals surface area contributed by atoms with E-state index in [0.717, 1.165) is 0 Å². The predicted molar refractivity (Wildman–Crippen MR) is 66.5 cm³/mol. The van der Waals surface area contributed by atoms with E-state index < -0.39 is 23.2 Å². The van der Waals surface area contributed by atoms with Gasteiger partial charge in [-0.05, 0) is 0 Å². The second-order valence-corrected chi connectivity index (χ2v) is 8.32. The molecule has 0 atom stereocenters. The average Bonchev–Trinajstić information content (AvgIpc) is 2.21. The van der Waals surface area contributed by atoms with Crippen LogP contribution < -0.4 is 6.54 Å². The first kappa shape index (κ1) is 11.7. The van der Waals surface area contributed by atoms with Crippen LogP contribution in [0.25, 0.3) is 0 Å². The van der Waals surface area contributed by atoms with E-state index in [0.29, 0.717) is 0 Å². The van der Waals surface area contributed by atoms with E-state index in [1.54, 1.807) is 6.54 Å².